The van der Waals surface area contributed by atoms with Crippen LogP contribution in [0.15, 0.2) is 97.3 Å². The fourth-order valence-electron chi connectivity index (χ4n) is 5.86. The average Bonchev–Trinajstić information content (AvgIpc) is 3.13. The number of nitrogens with zero attached hydrogens (tertiary/aromatic N) is 3. The minimum absolute atomic E-state index is 0.0760. The summed E-state index contributed by atoms with van der Waals surface area (Å²) in [4.78, 5) is 48.6. The number of benzene rings is 3. The minimum atomic E-state index is -1.09. The number of halogens is 2. The average molecular weight is 684 g/mol. The molecule has 0 aliphatic heterocycles. The van der Waals surface area contributed by atoms with Crippen LogP contribution in [0.2, 0.25) is 0 Å². The molecule has 0 saturated heterocycles. The number of pyridine rings is 1. The van der Waals surface area contributed by atoms with Crippen molar-refractivity contribution in [3.8, 4) is 0 Å². The summed E-state index contributed by atoms with van der Waals surface area (Å²) in [6.07, 6.45) is 9.13. The molecular formula is C40H47F2N5O3. The van der Waals surface area contributed by atoms with Gasteiger partial charge in [-0.3, -0.25) is 19.4 Å². The van der Waals surface area contributed by atoms with Gasteiger partial charge in [0.25, 0.3) is 0 Å². The van der Waals surface area contributed by atoms with Gasteiger partial charge in [0.15, 0.2) is 11.6 Å². The van der Waals surface area contributed by atoms with Crippen LogP contribution in [0.25, 0.3) is 10.8 Å². The SMILES string of the molecule is CCC(N)(CC)C/C=C/C(=O)N(C)[C@H](Cc1ccc2ccccc2c1)C(=O)N(C)[C@H](Cc1ccc(F)c(F)c1)C(=O)NCCc1ccncc1. The highest BCUT2D eigenvalue weighted by Crippen LogP contribution is 2.21. The lowest BCUT2D eigenvalue weighted by molar-refractivity contribution is -0.146. The first-order valence-corrected chi connectivity index (χ1v) is 17.0. The van der Waals surface area contributed by atoms with Crippen LogP contribution in [0.3, 0.4) is 0 Å². The number of hydrogen-bond donors (Lipinski definition) is 2. The zero-order chi connectivity index (χ0) is 36.3. The van der Waals surface area contributed by atoms with Gasteiger partial charge in [0.1, 0.15) is 12.1 Å². The van der Waals surface area contributed by atoms with E-state index in [1.165, 1.54) is 29.0 Å². The van der Waals surface area contributed by atoms with Gasteiger partial charge in [0.05, 0.1) is 0 Å². The summed E-state index contributed by atoms with van der Waals surface area (Å²) < 4.78 is 28.1. The van der Waals surface area contributed by atoms with Crippen LogP contribution in [0.4, 0.5) is 8.78 Å². The third kappa shape index (κ3) is 10.0. The van der Waals surface area contributed by atoms with E-state index in [1.54, 1.807) is 25.5 Å². The molecule has 0 radical (unpaired) electrons. The van der Waals surface area contributed by atoms with Gasteiger partial charge in [-0.05, 0) is 83.5 Å². The van der Waals surface area contributed by atoms with Gasteiger partial charge < -0.3 is 20.9 Å². The van der Waals surface area contributed by atoms with Gasteiger partial charge in [-0.1, -0.05) is 68.5 Å². The molecule has 0 aliphatic rings. The Morgan fingerprint density at radius 1 is 0.820 bits per heavy atom. The molecule has 4 aromatic rings. The van der Waals surface area contributed by atoms with E-state index in [4.69, 9.17) is 5.73 Å². The van der Waals surface area contributed by atoms with Gasteiger partial charge >= 0.3 is 0 Å². The number of fused-ring (bicyclic) bond motifs is 1. The summed E-state index contributed by atoms with van der Waals surface area (Å²) in [6.45, 7) is 4.29. The normalized spacial score (nSPS) is 12.9. The van der Waals surface area contributed by atoms with Crippen LogP contribution in [0, 0.1) is 11.6 Å². The van der Waals surface area contributed by atoms with Crippen molar-refractivity contribution < 1.29 is 23.2 Å². The second kappa shape index (κ2) is 17.6. The van der Waals surface area contributed by atoms with Crippen LogP contribution in [0.5, 0.6) is 0 Å². The predicted molar refractivity (Wildman–Crippen MR) is 193 cm³/mol. The molecule has 264 valence electrons. The van der Waals surface area contributed by atoms with Gasteiger partial charge in [-0.15, -0.1) is 0 Å². The van der Waals surface area contributed by atoms with E-state index in [-0.39, 0.29) is 25.3 Å². The number of carbonyl (C=O) groups excluding carboxylic acids is 3. The first-order valence-electron chi connectivity index (χ1n) is 17.0. The predicted octanol–water partition coefficient (Wildman–Crippen LogP) is 5.77. The number of aromatic nitrogens is 1. The maximum Gasteiger partial charge on any atom is 0.246 e. The van der Waals surface area contributed by atoms with E-state index < -0.39 is 41.1 Å². The first-order chi connectivity index (χ1) is 23.9. The Hall–Kier alpha value is -4.96. The first kappa shape index (κ1) is 37.9. The monoisotopic (exact) mass is 683 g/mol. The summed E-state index contributed by atoms with van der Waals surface area (Å²) >= 11 is 0. The van der Waals surface area contributed by atoms with Crippen molar-refractivity contribution in [3.05, 3.63) is 126 Å². The second-order valence-corrected chi connectivity index (χ2v) is 12.8. The smallest absolute Gasteiger partial charge is 0.246 e. The van der Waals surface area contributed by atoms with Crippen molar-refractivity contribution in [1.82, 2.24) is 20.1 Å². The lowest BCUT2D eigenvalue weighted by Gasteiger charge is -2.34. The van der Waals surface area contributed by atoms with Gasteiger partial charge in [0, 0.05) is 51.4 Å². The summed E-state index contributed by atoms with van der Waals surface area (Å²) in [6, 6.07) is 18.8. The quantitative estimate of drug-likeness (QED) is 0.146. The Kier molecular flexibility index (Phi) is 13.3. The number of amides is 3. The summed E-state index contributed by atoms with van der Waals surface area (Å²) in [5.74, 6) is -3.38. The van der Waals surface area contributed by atoms with Crippen molar-refractivity contribution in [2.75, 3.05) is 20.6 Å². The molecule has 1 heterocycles. The molecular weight excluding hydrogens is 636 g/mol. The molecule has 2 atom stereocenters. The van der Waals surface area contributed by atoms with Crippen LogP contribution < -0.4 is 11.1 Å². The molecule has 0 saturated carbocycles. The lowest BCUT2D eigenvalue weighted by Crippen LogP contribution is -2.56. The second-order valence-electron chi connectivity index (χ2n) is 12.8. The zero-order valence-corrected chi connectivity index (χ0v) is 29.2. The molecule has 50 heavy (non-hydrogen) atoms. The summed E-state index contributed by atoms with van der Waals surface area (Å²) in [5.41, 5.74) is 8.14. The molecule has 3 N–H and O–H groups in total. The molecule has 0 aliphatic carbocycles. The fourth-order valence-corrected chi connectivity index (χ4v) is 5.86. The van der Waals surface area contributed by atoms with E-state index in [1.807, 2.05) is 68.4 Å². The van der Waals surface area contributed by atoms with Gasteiger partial charge in [0.2, 0.25) is 17.7 Å². The summed E-state index contributed by atoms with van der Waals surface area (Å²) in [7, 11) is 3.07. The number of likely N-dealkylation sites (N-methyl/N-ethyl adjacent to an activating group) is 2. The van der Waals surface area contributed by atoms with E-state index in [2.05, 4.69) is 10.3 Å². The number of hydrogen-bond acceptors (Lipinski definition) is 5. The van der Waals surface area contributed by atoms with Gasteiger partial charge in [-0.2, -0.15) is 0 Å². The van der Waals surface area contributed by atoms with E-state index >= 15 is 0 Å². The highest BCUT2D eigenvalue weighted by atomic mass is 19.2. The molecule has 8 nitrogen and oxygen atoms in total. The maximum atomic E-state index is 14.5. The Balaban J connectivity index is 1.64. The molecule has 3 aromatic carbocycles. The molecule has 0 spiro atoms. The number of nitrogens with two attached hydrogens (primary N) is 1. The summed E-state index contributed by atoms with van der Waals surface area (Å²) in [5, 5.41) is 4.93. The highest BCUT2D eigenvalue weighted by Gasteiger charge is 2.35. The molecule has 4 rings (SSSR count). The van der Waals surface area contributed by atoms with E-state index in [0.717, 1.165) is 46.9 Å². The third-order valence-electron chi connectivity index (χ3n) is 9.53. The molecule has 10 heteroatoms. The number of nitrogens with one attached hydrogen (secondary N) is 1. The Morgan fingerprint density at radius 3 is 2.14 bits per heavy atom. The van der Waals surface area contributed by atoms with Crippen molar-refractivity contribution in [2.45, 2.75) is 70.0 Å². The Bertz CT molecular complexity index is 1790. The molecule has 1 aromatic heterocycles. The molecule has 0 unspecified atom stereocenters. The largest absolute Gasteiger partial charge is 0.354 e. The van der Waals surface area contributed by atoms with Crippen molar-refractivity contribution in [1.29, 1.82) is 0 Å². The van der Waals surface area contributed by atoms with Crippen LogP contribution in [0.1, 0.15) is 49.8 Å². The van der Waals surface area contributed by atoms with Gasteiger partial charge in [-0.25, -0.2) is 8.78 Å². The Labute approximate surface area is 293 Å². The Morgan fingerprint density at radius 2 is 1.46 bits per heavy atom. The molecule has 3 amide bonds. The topological polar surface area (TPSA) is 109 Å². The third-order valence-corrected chi connectivity index (χ3v) is 9.53. The molecule has 0 fully saturated rings. The fraction of sp³-hybridized carbons (Fsp3) is 0.350. The standard InChI is InChI=1S/C40H47F2N5O3/c1-5-40(43,6-2)20-9-12-37(48)46(3)36(27-29-13-15-31-10-7-8-11-32(31)24-29)39(50)47(4)35(26-30-14-16-33(41)34(42)25-30)38(49)45-23-19-28-17-21-44-22-18-28/h7-18,21-22,24-25,35-36H,5-6,19-20,23,26-27,43H2,1-4H3,(H,45,49)/b12-9+/t35-,36-/m1/s1. The lowest BCUT2D eigenvalue weighted by atomic mass is 9.90. The van der Waals surface area contributed by atoms with Crippen LogP contribution in [-0.2, 0) is 33.6 Å². The number of rotatable bonds is 16. The van der Waals surface area contributed by atoms with Crippen molar-refractivity contribution in [3.63, 3.8) is 0 Å². The van der Waals surface area contributed by atoms with E-state index in [0.29, 0.717) is 18.4 Å². The highest BCUT2D eigenvalue weighted by molar-refractivity contribution is 5.95. The van der Waals surface area contributed by atoms with Crippen molar-refractivity contribution >= 4 is 28.5 Å². The van der Waals surface area contributed by atoms with Crippen LogP contribution in [-0.4, -0.2) is 70.8 Å². The number of carbonyl (C=O) groups is 3. The van der Waals surface area contributed by atoms with Crippen molar-refractivity contribution in [2.24, 2.45) is 5.73 Å². The van der Waals surface area contributed by atoms with E-state index in [9.17, 15) is 23.2 Å². The molecule has 0 bridgehead atoms. The zero-order valence-electron chi connectivity index (χ0n) is 29.2. The minimum Gasteiger partial charge on any atom is -0.354 e. The maximum absolute atomic E-state index is 14.5. The van der Waals surface area contributed by atoms with Crippen LogP contribution >= 0.6 is 0 Å².